The number of amidine groups is 1. The lowest BCUT2D eigenvalue weighted by molar-refractivity contribution is -0.122. The predicted octanol–water partition coefficient (Wildman–Crippen LogP) is 4.15. The van der Waals surface area contributed by atoms with Crippen LogP contribution in [0.1, 0.15) is 12.5 Å². The summed E-state index contributed by atoms with van der Waals surface area (Å²) in [5.41, 5.74) is 1.85. The van der Waals surface area contributed by atoms with Gasteiger partial charge in [-0.3, -0.25) is 19.3 Å². The fraction of sp³-hybridized carbons (Fsp3) is 0.0417. The SMILES string of the molecule is CC(=O)N1C(=O)/C(=C2\S/C(=N/c3ccccn3)N(c3ccccc3)C2=O)c2ccccc21. The van der Waals surface area contributed by atoms with Gasteiger partial charge in [0.1, 0.15) is 0 Å². The third-order valence-corrected chi connectivity index (χ3v) is 6.07. The molecule has 0 spiro atoms. The maximum atomic E-state index is 13.6. The van der Waals surface area contributed by atoms with Gasteiger partial charge in [0.05, 0.1) is 21.9 Å². The number of imide groups is 1. The highest BCUT2D eigenvalue weighted by atomic mass is 32.2. The second kappa shape index (κ2) is 7.90. The van der Waals surface area contributed by atoms with Gasteiger partial charge in [-0.25, -0.2) is 14.9 Å². The van der Waals surface area contributed by atoms with Crippen molar-refractivity contribution in [1.82, 2.24) is 4.98 Å². The lowest BCUT2D eigenvalue weighted by atomic mass is 10.1. The Morgan fingerprint density at radius 3 is 2.34 bits per heavy atom. The Bertz CT molecular complexity index is 1320. The number of carbonyl (C=O) groups excluding carboxylic acids is 3. The predicted molar refractivity (Wildman–Crippen MR) is 124 cm³/mol. The van der Waals surface area contributed by atoms with Crippen molar-refractivity contribution >= 4 is 57.4 Å². The molecule has 1 fully saturated rings. The van der Waals surface area contributed by atoms with Gasteiger partial charge >= 0.3 is 0 Å². The average Bonchev–Trinajstić information content (AvgIpc) is 3.27. The molecule has 3 heterocycles. The van der Waals surface area contributed by atoms with E-state index in [1.54, 1.807) is 54.7 Å². The molecule has 8 heteroatoms. The Morgan fingerprint density at radius 1 is 0.906 bits per heavy atom. The van der Waals surface area contributed by atoms with Crippen LogP contribution in [0.3, 0.4) is 0 Å². The number of rotatable bonds is 2. The summed E-state index contributed by atoms with van der Waals surface area (Å²) in [4.78, 5) is 50.7. The van der Waals surface area contributed by atoms with E-state index in [2.05, 4.69) is 9.98 Å². The lowest BCUT2D eigenvalue weighted by Gasteiger charge is -2.15. The molecule has 0 N–H and O–H groups in total. The highest BCUT2D eigenvalue weighted by Crippen LogP contribution is 2.45. The summed E-state index contributed by atoms with van der Waals surface area (Å²) >= 11 is 1.10. The Kier molecular flexibility index (Phi) is 4.91. The largest absolute Gasteiger partial charge is 0.274 e. The van der Waals surface area contributed by atoms with Crippen molar-refractivity contribution in [1.29, 1.82) is 0 Å². The minimum Gasteiger partial charge on any atom is -0.274 e. The highest BCUT2D eigenvalue weighted by Gasteiger charge is 2.44. The van der Waals surface area contributed by atoms with Crippen LogP contribution in [0.25, 0.3) is 5.57 Å². The minimum absolute atomic E-state index is 0.206. The van der Waals surface area contributed by atoms with E-state index in [0.717, 1.165) is 16.7 Å². The van der Waals surface area contributed by atoms with E-state index in [0.29, 0.717) is 27.9 Å². The van der Waals surface area contributed by atoms with Crippen LogP contribution < -0.4 is 9.80 Å². The first kappa shape index (κ1) is 19.9. The molecule has 7 nitrogen and oxygen atoms in total. The van der Waals surface area contributed by atoms with E-state index >= 15 is 0 Å². The van der Waals surface area contributed by atoms with E-state index in [-0.39, 0.29) is 16.4 Å². The third-order valence-electron chi connectivity index (χ3n) is 5.03. The van der Waals surface area contributed by atoms with Gasteiger partial charge in [0, 0.05) is 18.7 Å². The molecule has 0 radical (unpaired) electrons. The zero-order valence-corrected chi connectivity index (χ0v) is 17.7. The van der Waals surface area contributed by atoms with Gasteiger partial charge in [0.2, 0.25) is 5.91 Å². The molecule has 0 aliphatic carbocycles. The van der Waals surface area contributed by atoms with Crippen molar-refractivity contribution in [3.8, 4) is 0 Å². The molecular formula is C24H16N4O3S. The molecule has 0 bridgehead atoms. The van der Waals surface area contributed by atoms with Gasteiger partial charge < -0.3 is 0 Å². The maximum Gasteiger partial charge on any atom is 0.272 e. The summed E-state index contributed by atoms with van der Waals surface area (Å²) in [5.74, 6) is -0.852. The number of fused-ring (bicyclic) bond motifs is 1. The standard InChI is InChI=1S/C24H16N4O3S/c1-15(29)27-18-12-6-5-11-17(18)20(22(27)30)21-23(31)28(16-9-3-2-4-10-16)24(32-21)26-19-13-7-8-14-25-19/h2-14H,1H3/b21-20-,26-24+. The molecular weight excluding hydrogens is 424 g/mol. The van der Waals surface area contributed by atoms with Crippen molar-refractivity contribution in [2.75, 3.05) is 9.80 Å². The number of benzene rings is 2. The van der Waals surface area contributed by atoms with Crippen molar-refractivity contribution in [3.63, 3.8) is 0 Å². The summed E-state index contributed by atoms with van der Waals surface area (Å²) in [6, 6.07) is 21.4. The monoisotopic (exact) mass is 440 g/mol. The molecule has 0 saturated carbocycles. The fourth-order valence-electron chi connectivity index (χ4n) is 3.67. The third kappa shape index (κ3) is 3.21. The smallest absolute Gasteiger partial charge is 0.272 e. The van der Waals surface area contributed by atoms with Gasteiger partial charge in [0.25, 0.3) is 11.8 Å². The summed E-state index contributed by atoms with van der Waals surface area (Å²) < 4.78 is 0. The zero-order chi connectivity index (χ0) is 22.2. The summed E-state index contributed by atoms with van der Waals surface area (Å²) in [7, 11) is 0. The summed E-state index contributed by atoms with van der Waals surface area (Å²) in [5, 5.41) is 0.383. The number of anilines is 2. The van der Waals surface area contributed by atoms with Crippen LogP contribution in [0.15, 0.2) is 88.9 Å². The first-order valence-corrected chi connectivity index (χ1v) is 10.6. The van der Waals surface area contributed by atoms with Gasteiger partial charge in [0.15, 0.2) is 11.0 Å². The van der Waals surface area contributed by atoms with E-state index < -0.39 is 11.8 Å². The van der Waals surface area contributed by atoms with Crippen LogP contribution in [-0.2, 0) is 14.4 Å². The summed E-state index contributed by atoms with van der Waals surface area (Å²) in [6.45, 7) is 1.33. The topological polar surface area (TPSA) is 82.9 Å². The normalized spacial score (nSPS) is 19.1. The Balaban J connectivity index is 1.70. The van der Waals surface area contributed by atoms with E-state index in [9.17, 15) is 14.4 Å². The number of nitrogens with zero attached hydrogens (tertiary/aromatic N) is 4. The lowest BCUT2D eigenvalue weighted by Crippen LogP contribution is -2.32. The Labute approximate surface area is 188 Å². The summed E-state index contributed by atoms with van der Waals surface area (Å²) in [6.07, 6.45) is 1.62. The number of hydrogen-bond acceptors (Lipinski definition) is 6. The molecule has 3 amide bonds. The van der Waals surface area contributed by atoms with Crippen molar-refractivity contribution < 1.29 is 14.4 Å². The van der Waals surface area contributed by atoms with Crippen molar-refractivity contribution in [3.05, 3.63) is 89.5 Å². The molecule has 2 aromatic carbocycles. The number of aromatic nitrogens is 1. The highest BCUT2D eigenvalue weighted by molar-refractivity contribution is 8.19. The van der Waals surface area contributed by atoms with Crippen LogP contribution in [0.4, 0.5) is 17.2 Å². The molecule has 0 unspecified atom stereocenters. The van der Waals surface area contributed by atoms with Crippen LogP contribution in [-0.4, -0.2) is 27.9 Å². The molecule has 2 aliphatic heterocycles. The molecule has 3 aromatic rings. The van der Waals surface area contributed by atoms with E-state index in [4.69, 9.17) is 0 Å². The van der Waals surface area contributed by atoms with Crippen LogP contribution in [0, 0.1) is 0 Å². The van der Waals surface area contributed by atoms with Gasteiger partial charge in [-0.15, -0.1) is 0 Å². The van der Waals surface area contributed by atoms with Crippen LogP contribution in [0.2, 0.25) is 0 Å². The molecule has 0 atom stereocenters. The number of thioether (sulfide) groups is 1. The zero-order valence-electron chi connectivity index (χ0n) is 16.9. The fourth-order valence-corrected chi connectivity index (χ4v) is 4.75. The quantitative estimate of drug-likeness (QED) is 0.559. The molecule has 5 rings (SSSR count). The van der Waals surface area contributed by atoms with Gasteiger partial charge in [-0.2, -0.15) is 0 Å². The molecule has 156 valence electrons. The number of pyridine rings is 1. The van der Waals surface area contributed by atoms with Gasteiger partial charge in [-0.1, -0.05) is 42.5 Å². The minimum atomic E-state index is -0.512. The van der Waals surface area contributed by atoms with E-state index in [1.807, 2.05) is 24.3 Å². The second-order valence-corrected chi connectivity index (χ2v) is 8.02. The molecule has 2 aliphatic rings. The van der Waals surface area contributed by atoms with Crippen LogP contribution >= 0.6 is 11.8 Å². The first-order chi connectivity index (χ1) is 15.6. The second-order valence-electron chi connectivity index (χ2n) is 7.04. The number of carbonyl (C=O) groups is 3. The average molecular weight is 440 g/mol. The number of aliphatic imine (C=N–C) groups is 1. The Morgan fingerprint density at radius 2 is 1.62 bits per heavy atom. The van der Waals surface area contributed by atoms with Gasteiger partial charge in [-0.05, 0) is 42.1 Å². The van der Waals surface area contributed by atoms with E-state index in [1.165, 1.54) is 11.8 Å². The first-order valence-electron chi connectivity index (χ1n) is 9.82. The molecule has 1 aromatic heterocycles. The van der Waals surface area contributed by atoms with Crippen molar-refractivity contribution in [2.45, 2.75) is 6.92 Å². The van der Waals surface area contributed by atoms with Crippen LogP contribution in [0.5, 0.6) is 0 Å². The maximum absolute atomic E-state index is 13.6. The Hall–Kier alpha value is -4.04. The number of hydrogen-bond donors (Lipinski definition) is 0. The molecule has 32 heavy (non-hydrogen) atoms. The number of amides is 3. The number of para-hydroxylation sites is 2. The van der Waals surface area contributed by atoms with Crippen molar-refractivity contribution in [2.24, 2.45) is 4.99 Å². The molecule has 1 saturated heterocycles.